The van der Waals surface area contributed by atoms with Gasteiger partial charge >= 0.3 is 0 Å². The molecule has 2 aromatic carbocycles. The van der Waals surface area contributed by atoms with Crippen LogP contribution in [0.1, 0.15) is 25.3 Å². The van der Waals surface area contributed by atoms with Crippen LogP contribution in [0.2, 0.25) is 5.02 Å². The lowest BCUT2D eigenvalue weighted by atomic mass is 10.1. The summed E-state index contributed by atoms with van der Waals surface area (Å²) < 4.78 is 26.9. The fourth-order valence-electron chi connectivity index (χ4n) is 3.27. The minimum Gasteiger partial charge on any atom is -0.397 e. The summed E-state index contributed by atoms with van der Waals surface area (Å²) in [6.07, 6.45) is -0.254. The molecule has 0 aromatic heterocycles. The smallest absolute Gasteiger partial charge is 0.251 e. The summed E-state index contributed by atoms with van der Waals surface area (Å²) in [7, 11) is 0. The quantitative estimate of drug-likeness (QED) is 0.464. The van der Waals surface area contributed by atoms with Crippen LogP contribution in [0.25, 0.3) is 0 Å². The van der Waals surface area contributed by atoms with Gasteiger partial charge in [0, 0.05) is 30.8 Å². The van der Waals surface area contributed by atoms with Crippen LogP contribution in [0, 0.1) is 0 Å². The number of carbonyl (C=O) groups is 1. The van der Waals surface area contributed by atoms with Crippen LogP contribution in [0.15, 0.2) is 41.3 Å². The highest BCUT2D eigenvalue weighted by Crippen LogP contribution is 2.40. The monoisotopic (exact) mass is 439 g/mol. The molecule has 1 heterocycles. The van der Waals surface area contributed by atoms with Gasteiger partial charge in [0.25, 0.3) is 5.92 Å². The molecule has 0 radical (unpaired) electrons. The van der Waals surface area contributed by atoms with E-state index in [1.165, 1.54) is 0 Å². The number of benzene rings is 2. The zero-order chi connectivity index (χ0) is 21.0. The minimum atomic E-state index is -2.64. The number of halogens is 3. The summed E-state index contributed by atoms with van der Waals surface area (Å²) in [4.78, 5) is 15.5. The van der Waals surface area contributed by atoms with Crippen molar-refractivity contribution in [2.45, 2.75) is 37.0 Å². The third-order valence-corrected chi connectivity index (χ3v) is 6.13. The van der Waals surface area contributed by atoms with E-state index in [4.69, 9.17) is 17.3 Å². The van der Waals surface area contributed by atoms with Gasteiger partial charge in [0.15, 0.2) is 0 Å². The Morgan fingerprint density at radius 2 is 1.86 bits per heavy atom. The molecule has 8 heteroatoms. The van der Waals surface area contributed by atoms with Gasteiger partial charge in [0.1, 0.15) is 0 Å². The summed E-state index contributed by atoms with van der Waals surface area (Å²) in [5.74, 6) is -1.89. The van der Waals surface area contributed by atoms with Gasteiger partial charge in [-0.3, -0.25) is 4.79 Å². The predicted molar refractivity (Wildman–Crippen MR) is 117 cm³/mol. The van der Waals surface area contributed by atoms with Crippen molar-refractivity contribution < 1.29 is 13.6 Å². The fraction of sp³-hybridized carbons (Fsp3) is 0.381. The molecule has 4 nitrogen and oxygen atoms in total. The van der Waals surface area contributed by atoms with Crippen molar-refractivity contribution in [3.05, 3.63) is 47.0 Å². The number of hydrogen-bond donors (Lipinski definition) is 2. The Morgan fingerprint density at radius 1 is 1.21 bits per heavy atom. The Kier molecular flexibility index (Phi) is 6.90. The third-order valence-electron chi connectivity index (χ3n) is 4.85. The standard InChI is InChI=1S/C21H24ClF2N3OS/c1-2-29-15-5-3-14(4-6-15)13-18(28)26-20-16(25)7-8-17(19(20)22)27-11-9-21(23,24)10-12-27/h3-8H,2,9-13,25H2,1H3,(H,26,28). The van der Waals surface area contributed by atoms with Crippen LogP contribution >= 0.6 is 23.4 Å². The van der Waals surface area contributed by atoms with E-state index < -0.39 is 5.92 Å². The number of nitrogens with two attached hydrogens (primary N) is 1. The highest BCUT2D eigenvalue weighted by Gasteiger charge is 2.34. The first-order chi connectivity index (χ1) is 13.8. The molecule has 1 amide bonds. The number of hydrogen-bond acceptors (Lipinski definition) is 4. The molecule has 156 valence electrons. The van der Waals surface area contributed by atoms with Crippen LogP contribution in [0.5, 0.6) is 0 Å². The maximum atomic E-state index is 13.4. The van der Waals surface area contributed by atoms with E-state index in [0.29, 0.717) is 17.1 Å². The number of nitrogens with one attached hydrogen (secondary N) is 1. The largest absolute Gasteiger partial charge is 0.397 e. The van der Waals surface area contributed by atoms with Crippen LogP contribution in [0.3, 0.4) is 0 Å². The Balaban J connectivity index is 1.70. The molecule has 1 aliphatic rings. The second-order valence-corrected chi connectivity index (χ2v) is 8.72. The number of anilines is 3. The van der Waals surface area contributed by atoms with Crippen LogP contribution in [0.4, 0.5) is 25.8 Å². The van der Waals surface area contributed by atoms with Gasteiger partial charge in [-0.2, -0.15) is 0 Å². The molecule has 0 unspecified atom stereocenters. The number of alkyl halides is 2. The summed E-state index contributed by atoms with van der Waals surface area (Å²) in [6, 6.07) is 11.2. The normalized spacial score (nSPS) is 15.9. The van der Waals surface area contributed by atoms with Gasteiger partial charge < -0.3 is 16.0 Å². The zero-order valence-electron chi connectivity index (χ0n) is 16.2. The van der Waals surface area contributed by atoms with Crippen LogP contribution in [-0.4, -0.2) is 30.7 Å². The van der Waals surface area contributed by atoms with Crippen molar-refractivity contribution in [3.8, 4) is 0 Å². The van der Waals surface area contributed by atoms with E-state index in [-0.39, 0.29) is 43.3 Å². The first-order valence-corrected chi connectivity index (χ1v) is 10.9. The molecule has 1 fully saturated rings. The van der Waals surface area contributed by atoms with E-state index in [0.717, 1.165) is 16.2 Å². The van der Waals surface area contributed by atoms with Crippen LogP contribution < -0.4 is 16.0 Å². The maximum absolute atomic E-state index is 13.4. The number of piperidine rings is 1. The number of carbonyl (C=O) groups excluding carboxylic acids is 1. The number of nitrogen functional groups attached to an aromatic ring is 1. The van der Waals surface area contributed by atoms with E-state index in [1.807, 2.05) is 24.3 Å². The van der Waals surface area contributed by atoms with Gasteiger partial charge in [-0.05, 0) is 35.6 Å². The van der Waals surface area contributed by atoms with Crippen molar-refractivity contribution in [1.82, 2.24) is 0 Å². The molecule has 0 spiro atoms. The molecule has 1 aliphatic heterocycles. The molecule has 0 aliphatic carbocycles. The molecular weight excluding hydrogens is 416 g/mol. The van der Waals surface area contributed by atoms with Crippen molar-refractivity contribution in [1.29, 1.82) is 0 Å². The van der Waals surface area contributed by atoms with Crippen LogP contribution in [-0.2, 0) is 11.2 Å². The average Bonchev–Trinajstić information content (AvgIpc) is 2.67. The topological polar surface area (TPSA) is 58.4 Å². The molecule has 29 heavy (non-hydrogen) atoms. The molecule has 2 aromatic rings. The molecule has 3 N–H and O–H groups in total. The first-order valence-electron chi connectivity index (χ1n) is 9.51. The Labute approximate surface area is 178 Å². The lowest BCUT2D eigenvalue weighted by Crippen LogP contribution is -2.39. The van der Waals surface area contributed by atoms with Crippen molar-refractivity contribution in [2.24, 2.45) is 0 Å². The van der Waals surface area contributed by atoms with Crippen molar-refractivity contribution >= 4 is 46.3 Å². The second-order valence-electron chi connectivity index (χ2n) is 7.01. The second kappa shape index (κ2) is 9.22. The predicted octanol–water partition coefficient (Wildman–Crippen LogP) is 5.45. The number of thioether (sulfide) groups is 1. The summed E-state index contributed by atoms with van der Waals surface area (Å²) >= 11 is 8.23. The zero-order valence-corrected chi connectivity index (χ0v) is 17.8. The van der Waals surface area contributed by atoms with Gasteiger partial charge in [0.2, 0.25) is 5.91 Å². The van der Waals surface area contributed by atoms with Gasteiger partial charge in [-0.1, -0.05) is 30.7 Å². The van der Waals surface area contributed by atoms with E-state index in [2.05, 4.69) is 12.2 Å². The van der Waals surface area contributed by atoms with Crippen molar-refractivity contribution in [3.63, 3.8) is 0 Å². The van der Waals surface area contributed by atoms with E-state index in [1.54, 1.807) is 28.8 Å². The maximum Gasteiger partial charge on any atom is 0.251 e. The van der Waals surface area contributed by atoms with E-state index in [9.17, 15) is 13.6 Å². The molecule has 0 saturated carbocycles. The number of amides is 1. The highest BCUT2D eigenvalue weighted by atomic mass is 35.5. The molecule has 0 atom stereocenters. The van der Waals surface area contributed by atoms with Gasteiger partial charge in [0.05, 0.1) is 28.5 Å². The Morgan fingerprint density at radius 3 is 2.48 bits per heavy atom. The lowest BCUT2D eigenvalue weighted by molar-refractivity contribution is -0.115. The summed E-state index contributed by atoms with van der Waals surface area (Å²) in [5, 5.41) is 3.06. The Hall–Kier alpha value is -1.99. The minimum absolute atomic E-state index is 0.188. The molecule has 0 bridgehead atoms. The van der Waals surface area contributed by atoms with Gasteiger partial charge in [-0.15, -0.1) is 11.8 Å². The fourth-order valence-corrected chi connectivity index (χ4v) is 4.27. The van der Waals surface area contributed by atoms with Gasteiger partial charge in [-0.25, -0.2) is 8.78 Å². The molecular formula is C21H24ClF2N3OS. The summed E-state index contributed by atoms with van der Waals surface area (Å²) in [5.41, 5.74) is 8.16. The average molecular weight is 440 g/mol. The molecule has 1 saturated heterocycles. The molecule has 3 rings (SSSR count). The summed E-state index contributed by atoms with van der Waals surface area (Å²) in [6.45, 7) is 2.49. The van der Waals surface area contributed by atoms with E-state index >= 15 is 0 Å². The SMILES string of the molecule is CCSc1ccc(CC(=O)Nc2c(N)ccc(N3CCC(F)(F)CC3)c2Cl)cc1. The number of rotatable bonds is 6. The Bertz CT molecular complexity index is 867. The number of nitrogens with zero attached hydrogens (tertiary/aromatic N) is 1. The first kappa shape index (κ1) is 21.7. The highest BCUT2D eigenvalue weighted by molar-refractivity contribution is 7.99. The van der Waals surface area contributed by atoms with Crippen molar-refractivity contribution in [2.75, 3.05) is 34.8 Å². The lowest BCUT2D eigenvalue weighted by Gasteiger charge is -2.34. The third kappa shape index (κ3) is 5.54.